The normalized spacial score (nSPS) is 15.2. The molecule has 0 spiro atoms. The molecule has 1 aliphatic rings. The molecule has 0 amide bonds. The summed E-state index contributed by atoms with van der Waals surface area (Å²) in [6.45, 7) is 2.12. The summed E-state index contributed by atoms with van der Waals surface area (Å²) in [5.41, 5.74) is 4.92. The molecule has 1 aromatic heterocycles. The highest BCUT2D eigenvalue weighted by Crippen LogP contribution is 2.37. The fourth-order valence-electron chi connectivity index (χ4n) is 2.68. The molecule has 0 atom stereocenters. The second-order valence-corrected chi connectivity index (χ2v) is 5.55. The van der Waals surface area contributed by atoms with E-state index in [1.54, 1.807) is 6.33 Å². The third kappa shape index (κ3) is 2.35. The summed E-state index contributed by atoms with van der Waals surface area (Å²) < 4.78 is 0.708. The molecule has 1 aliphatic carbocycles. The second-order valence-electron chi connectivity index (χ2n) is 5.16. The highest BCUT2D eigenvalue weighted by molar-refractivity contribution is 7.71. The summed E-state index contributed by atoms with van der Waals surface area (Å²) in [6.07, 6.45) is 6.66. The Hall–Kier alpha value is -1.48. The van der Waals surface area contributed by atoms with Gasteiger partial charge in [-0.2, -0.15) is 0 Å². The SMILES string of the molecule is CCc1c(-c2ccc(C3CCC3)cc2)[nH]cnc1=S. The van der Waals surface area contributed by atoms with Gasteiger partial charge in [0.1, 0.15) is 4.64 Å². The lowest BCUT2D eigenvalue weighted by molar-refractivity contribution is 0.420. The van der Waals surface area contributed by atoms with Crippen LogP contribution in [0.25, 0.3) is 11.3 Å². The van der Waals surface area contributed by atoms with Gasteiger partial charge in [0.25, 0.3) is 0 Å². The third-order valence-electron chi connectivity index (χ3n) is 4.08. The van der Waals surface area contributed by atoms with Crippen LogP contribution in [0.1, 0.15) is 43.2 Å². The first kappa shape index (κ1) is 12.5. The molecule has 1 N–H and O–H groups in total. The van der Waals surface area contributed by atoms with Crippen LogP contribution >= 0.6 is 12.2 Å². The number of aromatic nitrogens is 2. The predicted octanol–water partition coefficient (Wildman–Crippen LogP) is 4.64. The van der Waals surface area contributed by atoms with Gasteiger partial charge in [-0.3, -0.25) is 0 Å². The standard InChI is InChI=1S/C16H18N2S/c1-2-14-15(17-10-18-16(14)19)13-8-6-12(7-9-13)11-4-3-5-11/h6-11H,2-5H2,1H3,(H,17,18,19). The predicted molar refractivity (Wildman–Crippen MR) is 80.8 cm³/mol. The number of nitrogens with one attached hydrogen (secondary N) is 1. The molecule has 2 nitrogen and oxygen atoms in total. The van der Waals surface area contributed by atoms with E-state index in [0.717, 1.165) is 23.6 Å². The molecule has 0 aliphatic heterocycles. The first-order valence-electron chi connectivity index (χ1n) is 6.96. The molecule has 98 valence electrons. The van der Waals surface area contributed by atoms with Crippen LogP contribution in [-0.4, -0.2) is 9.97 Å². The van der Waals surface area contributed by atoms with E-state index in [1.807, 2.05) is 0 Å². The maximum absolute atomic E-state index is 5.30. The van der Waals surface area contributed by atoms with Crippen molar-refractivity contribution >= 4 is 12.2 Å². The number of aromatic amines is 1. The van der Waals surface area contributed by atoms with Gasteiger partial charge in [-0.05, 0) is 36.3 Å². The van der Waals surface area contributed by atoms with Gasteiger partial charge in [0, 0.05) is 5.56 Å². The minimum absolute atomic E-state index is 0.708. The Kier molecular flexibility index (Phi) is 3.47. The highest BCUT2D eigenvalue weighted by atomic mass is 32.1. The molecular weight excluding hydrogens is 252 g/mol. The first-order valence-corrected chi connectivity index (χ1v) is 7.37. The van der Waals surface area contributed by atoms with Crippen molar-refractivity contribution in [2.45, 2.75) is 38.5 Å². The first-order chi connectivity index (χ1) is 9.29. The lowest BCUT2D eigenvalue weighted by atomic mass is 9.80. The largest absolute Gasteiger partial charge is 0.346 e. The van der Waals surface area contributed by atoms with Crippen LogP contribution in [0.4, 0.5) is 0 Å². The summed E-state index contributed by atoms with van der Waals surface area (Å²) >= 11 is 5.30. The summed E-state index contributed by atoms with van der Waals surface area (Å²) in [4.78, 5) is 7.41. The summed E-state index contributed by atoms with van der Waals surface area (Å²) in [7, 11) is 0. The van der Waals surface area contributed by atoms with Crippen molar-refractivity contribution in [3.05, 3.63) is 46.4 Å². The number of nitrogens with zero attached hydrogens (tertiary/aromatic N) is 1. The van der Waals surface area contributed by atoms with Crippen LogP contribution in [0, 0.1) is 4.64 Å². The maximum atomic E-state index is 5.30. The third-order valence-corrected chi connectivity index (χ3v) is 4.43. The Morgan fingerprint density at radius 2 is 2.00 bits per heavy atom. The molecule has 0 unspecified atom stereocenters. The van der Waals surface area contributed by atoms with E-state index in [2.05, 4.69) is 41.2 Å². The van der Waals surface area contributed by atoms with Gasteiger partial charge in [-0.25, -0.2) is 4.98 Å². The Morgan fingerprint density at radius 1 is 1.26 bits per heavy atom. The van der Waals surface area contributed by atoms with E-state index < -0.39 is 0 Å². The summed E-state index contributed by atoms with van der Waals surface area (Å²) in [5, 5.41) is 0. The minimum Gasteiger partial charge on any atom is -0.346 e. The number of benzene rings is 1. The van der Waals surface area contributed by atoms with Crippen LogP contribution in [0.3, 0.4) is 0 Å². The molecule has 1 fully saturated rings. The topological polar surface area (TPSA) is 28.7 Å². The van der Waals surface area contributed by atoms with E-state index in [0.29, 0.717) is 4.64 Å². The van der Waals surface area contributed by atoms with Crippen molar-refractivity contribution in [2.75, 3.05) is 0 Å². The van der Waals surface area contributed by atoms with E-state index >= 15 is 0 Å². The zero-order valence-corrected chi connectivity index (χ0v) is 12.0. The van der Waals surface area contributed by atoms with Gasteiger partial charge < -0.3 is 4.98 Å². The molecule has 0 bridgehead atoms. The molecule has 1 saturated carbocycles. The average Bonchev–Trinajstić information content (AvgIpc) is 2.37. The molecule has 19 heavy (non-hydrogen) atoms. The lowest BCUT2D eigenvalue weighted by Gasteiger charge is -2.25. The van der Waals surface area contributed by atoms with Gasteiger partial charge in [0.2, 0.25) is 0 Å². The Morgan fingerprint density at radius 3 is 2.58 bits per heavy atom. The second kappa shape index (κ2) is 5.25. The van der Waals surface area contributed by atoms with Crippen LogP contribution in [-0.2, 0) is 6.42 Å². The number of H-pyrrole nitrogens is 1. The summed E-state index contributed by atoms with van der Waals surface area (Å²) in [6, 6.07) is 8.92. The Bertz CT molecular complexity index is 624. The summed E-state index contributed by atoms with van der Waals surface area (Å²) in [5.74, 6) is 0.788. The van der Waals surface area contributed by atoms with Crippen molar-refractivity contribution in [1.82, 2.24) is 9.97 Å². The quantitative estimate of drug-likeness (QED) is 0.823. The fraction of sp³-hybridized carbons (Fsp3) is 0.375. The van der Waals surface area contributed by atoms with E-state index in [4.69, 9.17) is 12.2 Å². The van der Waals surface area contributed by atoms with Crippen LogP contribution in [0.2, 0.25) is 0 Å². The van der Waals surface area contributed by atoms with Gasteiger partial charge in [-0.15, -0.1) is 0 Å². The molecule has 0 radical (unpaired) electrons. The molecule has 3 rings (SSSR count). The zero-order valence-electron chi connectivity index (χ0n) is 11.1. The van der Waals surface area contributed by atoms with Crippen molar-refractivity contribution in [3.63, 3.8) is 0 Å². The molecule has 0 saturated heterocycles. The molecule has 1 aromatic carbocycles. The van der Waals surface area contributed by atoms with E-state index in [1.165, 1.54) is 30.4 Å². The average molecular weight is 270 g/mol. The van der Waals surface area contributed by atoms with Gasteiger partial charge in [0.15, 0.2) is 0 Å². The minimum atomic E-state index is 0.708. The Balaban J connectivity index is 1.98. The van der Waals surface area contributed by atoms with Crippen LogP contribution in [0.15, 0.2) is 30.6 Å². The van der Waals surface area contributed by atoms with Crippen molar-refractivity contribution in [3.8, 4) is 11.3 Å². The number of rotatable bonds is 3. The molecule has 2 aromatic rings. The monoisotopic (exact) mass is 270 g/mol. The number of hydrogen-bond donors (Lipinski definition) is 1. The lowest BCUT2D eigenvalue weighted by Crippen LogP contribution is -2.08. The zero-order chi connectivity index (χ0) is 13.2. The molecular formula is C16H18N2S. The van der Waals surface area contributed by atoms with E-state index in [-0.39, 0.29) is 0 Å². The van der Waals surface area contributed by atoms with Gasteiger partial charge in [-0.1, -0.05) is 49.8 Å². The van der Waals surface area contributed by atoms with Crippen LogP contribution in [0.5, 0.6) is 0 Å². The van der Waals surface area contributed by atoms with Crippen LogP contribution < -0.4 is 0 Å². The fourth-order valence-corrected chi connectivity index (χ4v) is 2.98. The highest BCUT2D eigenvalue weighted by Gasteiger charge is 2.19. The Labute approximate surface area is 118 Å². The maximum Gasteiger partial charge on any atom is 0.133 e. The van der Waals surface area contributed by atoms with Gasteiger partial charge >= 0.3 is 0 Å². The van der Waals surface area contributed by atoms with E-state index in [9.17, 15) is 0 Å². The smallest absolute Gasteiger partial charge is 0.133 e. The van der Waals surface area contributed by atoms with Crippen molar-refractivity contribution in [1.29, 1.82) is 0 Å². The van der Waals surface area contributed by atoms with Crippen molar-refractivity contribution in [2.24, 2.45) is 0 Å². The number of hydrogen-bond acceptors (Lipinski definition) is 2. The molecule has 1 heterocycles. The van der Waals surface area contributed by atoms with Crippen molar-refractivity contribution < 1.29 is 0 Å². The molecule has 3 heteroatoms. The van der Waals surface area contributed by atoms with Gasteiger partial charge in [0.05, 0.1) is 12.0 Å².